The van der Waals surface area contributed by atoms with Crippen molar-refractivity contribution in [1.29, 1.82) is 0 Å². The molecular formula is C13H12ClN3O4. The zero-order valence-corrected chi connectivity index (χ0v) is 11.8. The van der Waals surface area contributed by atoms with Crippen LogP contribution in [0, 0.1) is 6.92 Å². The van der Waals surface area contributed by atoms with Gasteiger partial charge in [-0.3, -0.25) is 0 Å². The molecule has 2 amide bonds. The Morgan fingerprint density at radius 3 is 2.76 bits per heavy atom. The van der Waals surface area contributed by atoms with Crippen LogP contribution < -0.4 is 10.6 Å². The Kier molecular flexibility index (Phi) is 4.44. The second kappa shape index (κ2) is 6.27. The first kappa shape index (κ1) is 14.9. The van der Waals surface area contributed by atoms with Gasteiger partial charge in [0.2, 0.25) is 0 Å². The van der Waals surface area contributed by atoms with Crippen molar-refractivity contribution in [2.45, 2.75) is 13.5 Å². The SMILES string of the molecule is Cc1cc(CNC(=O)Nc2cc(C(=O)O)ccc2Cl)on1. The number of nitrogens with zero attached hydrogens (tertiary/aromatic N) is 1. The van der Waals surface area contributed by atoms with Gasteiger partial charge in [-0.25, -0.2) is 9.59 Å². The van der Waals surface area contributed by atoms with Gasteiger partial charge in [0.15, 0.2) is 5.76 Å². The smallest absolute Gasteiger partial charge is 0.335 e. The predicted octanol–water partition coefficient (Wildman–Crippen LogP) is 2.66. The van der Waals surface area contributed by atoms with Crippen molar-refractivity contribution in [3.8, 4) is 0 Å². The number of halogens is 1. The van der Waals surface area contributed by atoms with Crippen molar-refractivity contribution in [3.05, 3.63) is 46.3 Å². The molecule has 2 rings (SSSR count). The van der Waals surface area contributed by atoms with Gasteiger partial charge >= 0.3 is 12.0 Å². The van der Waals surface area contributed by atoms with E-state index in [9.17, 15) is 9.59 Å². The van der Waals surface area contributed by atoms with Gasteiger partial charge in [-0.1, -0.05) is 16.8 Å². The van der Waals surface area contributed by atoms with Gasteiger partial charge in [-0.05, 0) is 25.1 Å². The summed E-state index contributed by atoms with van der Waals surface area (Å²) in [4.78, 5) is 22.6. The van der Waals surface area contributed by atoms with Crippen LogP contribution >= 0.6 is 11.6 Å². The monoisotopic (exact) mass is 309 g/mol. The third kappa shape index (κ3) is 3.96. The quantitative estimate of drug-likeness (QED) is 0.805. The van der Waals surface area contributed by atoms with Crippen molar-refractivity contribution >= 4 is 29.3 Å². The fraction of sp³-hybridized carbons (Fsp3) is 0.154. The molecule has 2 aromatic rings. The van der Waals surface area contributed by atoms with Crippen molar-refractivity contribution in [2.75, 3.05) is 5.32 Å². The van der Waals surface area contributed by atoms with E-state index in [0.29, 0.717) is 11.5 Å². The number of amides is 2. The topological polar surface area (TPSA) is 104 Å². The van der Waals surface area contributed by atoms with Gasteiger partial charge in [0, 0.05) is 6.07 Å². The summed E-state index contributed by atoms with van der Waals surface area (Å²) >= 11 is 5.90. The summed E-state index contributed by atoms with van der Waals surface area (Å²) in [7, 11) is 0. The minimum Gasteiger partial charge on any atom is -0.478 e. The van der Waals surface area contributed by atoms with E-state index in [0.717, 1.165) is 0 Å². The molecule has 1 aromatic heterocycles. The number of nitrogens with one attached hydrogen (secondary N) is 2. The van der Waals surface area contributed by atoms with E-state index in [4.69, 9.17) is 21.2 Å². The van der Waals surface area contributed by atoms with Crippen LogP contribution in [0.5, 0.6) is 0 Å². The number of carboxylic acid groups (broad SMARTS) is 1. The summed E-state index contributed by atoms with van der Waals surface area (Å²) in [6, 6.07) is 5.19. The lowest BCUT2D eigenvalue weighted by Crippen LogP contribution is -2.28. The average molecular weight is 310 g/mol. The molecule has 0 saturated heterocycles. The van der Waals surface area contributed by atoms with Crippen LogP contribution in [0.4, 0.5) is 10.5 Å². The maximum absolute atomic E-state index is 11.7. The van der Waals surface area contributed by atoms with E-state index >= 15 is 0 Å². The van der Waals surface area contributed by atoms with E-state index in [1.807, 2.05) is 0 Å². The van der Waals surface area contributed by atoms with Crippen molar-refractivity contribution in [1.82, 2.24) is 10.5 Å². The molecule has 0 saturated carbocycles. The molecule has 0 radical (unpaired) electrons. The fourth-order valence-corrected chi connectivity index (χ4v) is 1.75. The molecule has 7 nitrogen and oxygen atoms in total. The van der Waals surface area contributed by atoms with E-state index in [-0.39, 0.29) is 22.8 Å². The Bertz CT molecular complexity index is 684. The summed E-state index contributed by atoms with van der Waals surface area (Å²) in [5.41, 5.74) is 0.952. The standard InChI is InChI=1S/C13H12ClN3O4/c1-7-4-9(21-17-7)6-15-13(20)16-11-5-8(12(18)19)2-3-10(11)14/h2-5H,6H2,1H3,(H,18,19)(H2,15,16,20). The number of urea groups is 1. The number of hydrogen-bond donors (Lipinski definition) is 3. The Labute approximate surface area is 124 Å². The Morgan fingerprint density at radius 1 is 1.38 bits per heavy atom. The van der Waals surface area contributed by atoms with Gasteiger partial charge in [0.25, 0.3) is 0 Å². The first-order chi connectivity index (χ1) is 9.95. The molecule has 1 heterocycles. The maximum Gasteiger partial charge on any atom is 0.335 e. The summed E-state index contributed by atoms with van der Waals surface area (Å²) in [6.45, 7) is 1.92. The minimum atomic E-state index is -1.10. The summed E-state index contributed by atoms with van der Waals surface area (Å²) in [5, 5.41) is 17.9. The first-order valence-electron chi connectivity index (χ1n) is 5.95. The van der Waals surface area contributed by atoms with Crippen LogP contribution in [-0.2, 0) is 6.54 Å². The normalized spacial score (nSPS) is 10.2. The largest absolute Gasteiger partial charge is 0.478 e. The van der Waals surface area contributed by atoms with Gasteiger partial charge in [-0.15, -0.1) is 0 Å². The number of aromatic carboxylic acids is 1. The van der Waals surface area contributed by atoms with Crippen LogP contribution in [0.1, 0.15) is 21.8 Å². The number of aromatic nitrogens is 1. The molecule has 0 atom stereocenters. The first-order valence-corrected chi connectivity index (χ1v) is 6.33. The van der Waals surface area contributed by atoms with Crippen LogP contribution in [-0.4, -0.2) is 22.3 Å². The van der Waals surface area contributed by atoms with Crippen LogP contribution in [0.2, 0.25) is 5.02 Å². The van der Waals surface area contributed by atoms with E-state index in [2.05, 4.69) is 15.8 Å². The number of carbonyl (C=O) groups is 2. The zero-order chi connectivity index (χ0) is 15.4. The lowest BCUT2D eigenvalue weighted by molar-refractivity contribution is 0.0697. The molecule has 0 unspecified atom stereocenters. The molecule has 0 spiro atoms. The van der Waals surface area contributed by atoms with Gasteiger partial charge in [0.1, 0.15) is 0 Å². The van der Waals surface area contributed by atoms with Crippen LogP contribution in [0.25, 0.3) is 0 Å². The Hall–Kier alpha value is -2.54. The average Bonchev–Trinajstić information content (AvgIpc) is 2.84. The Morgan fingerprint density at radius 2 is 2.14 bits per heavy atom. The predicted molar refractivity (Wildman–Crippen MR) is 75.5 cm³/mol. The van der Waals surface area contributed by atoms with Gasteiger partial charge < -0.3 is 20.3 Å². The van der Waals surface area contributed by atoms with Crippen molar-refractivity contribution < 1.29 is 19.2 Å². The molecule has 0 aliphatic rings. The van der Waals surface area contributed by atoms with Crippen LogP contribution in [0.3, 0.4) is 0 Å². The van der Waals surface area contributed by atoms with Crippen LogP contribution in [0.15, 0.2) is 28.8 Å². The number of anilines is 1. The molecule has 8 heteroatoms. The molecule has 3 N–H and O–H groups in total. The van der Waals surface area contributed by atoms with Gasteiger partial charge in [0.05, 0.1) is 28.5 Å². The number of aryl methyl sites for hydroxylation is 1. The number of carboxylic acids is 1. The summed E-state index contributed by atoms with van der Waals surface area (Å²) in [6.07, 6.45) is 0. The molecule has 0 bridgehead atoms. The maximum atomic E-state index is 11.7. The van der Waals surface area contributed by atoms with E-state index in [1.54, 1.807) is 13.0 Å². The second-order valence-corrected chi connectivity index (χ2v) is 4.65. The zero-order valence-electron chi connectivity index (χ0n) is 11.0. The molecule has 1 aromatic carbocycles. The van der Waals surface area contributed by atoms with E-state index < -0.39 is 12.0 Å². The number of hydrogen-bond acceptors (Lipinski definition) is 4. The number of rotatable bonds is 4. The summed E-state index contributed by atoms with van der Waals surface area (Å²) in [5.74, 6) is -0.597. The van der Waals surface area contributed by atoms with Gasteiger partial charge in [-0.2, -0.15) is 0 Å². The Balaban J connectivity index is 1.99. The highest BCUT2D eigenvalue weighted by molar-refractivity contribution is 6.33. The molecule has 110 valence electrons. The number of benzene rings is 1. The molecule has 0 aliphatic heterocycles. The highest BCUT2D eigenvalue weighted by Gasteiger charge is 2.10. The second-order valence-electron chi connectivity index (χ2n) is 4.24. The molecule has 0 aliphatic carbocycles. The molecule has 0 fully saturated rings. The van der Waals surface area contributed by atoms with Crippen molar-refractivity contribution in [3.63, 3.8) is 0 Å². The highest BCUT2D eigenvalue weighted by Crippen LogP contribution is 2.23. The fourth-order valence-electron chi connectivity index (χ4n) is 1.59. The molecule has 21 heavy (non-hydrogen) atoms. The van der Waals surface area contributed by atoms with E-state index in [1.165, 1.54) is 18.2 Å². The molecular weight excluding hydrogens is 298 g/mol. The lowest BCUT2D eigenvalue weighted by atomic mass is 10.2. The lowest BCUT2D eigenvalue weighted by Gasteiger charge is -2.08. The third-order valence-corrected chi connectivity index (χ3v) is 2.89. The highest BCUT2D eigenvalue weighted by atomic mass is 35.5. The number of carbonyl (C=O) groups excluding carboxylic acids is 1. The minimum absolute atomic E-state index is 0.0283. The third-order valence-electron chi connectivity index (χ3n) is 2.56. The van der Waals surface area contributed by atoms with Crippen molar-refractivity contribution in [2.24, 2.45) is 0 Å². The summed E-state index contributed by atoms with van der Waals surface area (Å²) < 4.78 is 4.94.